The fourth-order valence-electron chi connectivity index (χ4n) is 6.04. The second-order valence-corrected chi connectivity index (χ2v) is 10.7. The van der Waals surface area contributed by atoms with Gasteiger partial charge in [0, 0.05) is 18.0 Å². The number of hydrogen-bond donors (Lipinski definition) is 0. The average molecular weight is 492 g/mol. The molecule has 3 aromatic carbocycles. The molecule has 1 heterocycles. The molecule has 3 atom stereocenters. The van der Waals surface area contributed by atoms with Gasteiger partial charge in [0.25, 0.3) is 0 Å². The molecule has 1 aliphatic carbocycles. The van der Waals surface area contributed by atoms with Crippen LogP contribution in [0.25, 0.3) is 0 Å². The Morgan fingerprint density at radius 3 is 2.09 bits per heavy atom. The van der Waals surface area contributed by atoms with Crippen LogP contribution < -0.4 is 0 Å². The number of likely N-dealkylation sites (tertiary alicyclic amines) is 1. The molecule has 2 nitrogen and oxygen atoms in total. The van der Waals surface area contributed by atoms with Gasteiger partial charge < -0.3 is 4.90 Å². The third-order valence-corrected chi connectivity index (χ3v) is 8.59. The van der Waals surface area contributed by atoms with Crippen LogP contribution in [0.15, 0.2) is 78.9 Å². The van der Waals surface area contributed by atoms with Gasteiger partial charge in [-0.1, -0.05) is 83.9 Å². The SMILES string of the molecule is O=C(c1ccc(Cl)c(Cl)c1)C1CC(CN2CCC(c3ccccc3)CC2)C(c2ccccc2)C1. The van der Waals surface area contributed by atoms with Gasteiger partial charge in [0.15, 0.2) is 5.78 Å². The minimum atomic E-state index is 0.0225. The van der Waals surface area contributed by atoms with Crippen LogP contribution in [-0.4, -0.2) is 30.3 Å². The number of hydrogen-bond acceptors (Lipinski definition) is 2. The van der Waals surface area contributed by atoms with Crippen LogP contribution >= 0.6 is 23.2 Å². The van der Waals surface area contributed by atoms with E-state index < -0.39 is 0 Å². The Hall–Kier alpha value is -2.13. The molecule has 34 heavy (non-hydrogen) atoms. The summed E-state index contributed by atoms with van der Waals surface area (Å²) >= 11 is 12.3. The van der Waals surface area contributed by atoms with Gasteiger partial charge in [-0.2, -0.15) is 0 Å². The molecule has 5 rings (SSSR count). The number of benzene rings is 3. The number of rotatable bonds is 6. The molecule has 2 aliphatic rings. The molecule has 0 amide bonds. The summed E-state index contributed by atoms with van der Waals surface area (Å²) in [5, 5.41) is 0.937. The Kier molecular flexibility index (Phi) is 7.39. The van der Waals surface area contributed by atoms with Crippen LogP contribution in [0.5, 0.6) is 0 Å². The second kappa shape index (κ2) is 10.6. The minimum absolute atomic E-state index is 0.0225. The van der Waals surface area contributed by atoms with Crippen molar-refractivity contribution in [2.75, 3.05) is 19.6 Å². The van der Waals surface area contributed by atoms with Gasteiger partial charge in [-0.15, -0.1) is 0 Å². The van der Waals surface area contributed by atoms with E-state index in [1.165, 1.54) is 24.0 Å². The Bertz CT molecular complexity index is 1110. The molecule has 3 aromatic rings. The third kappa shape index (κ3) is 5.25. The monoisotopic (exact) mass is 491 g/mol. The summed E-state index contributed by atoms with van der Waals surface area (Å²) in [6, 6.07) is 27.0. The van der Waals surface area contributed by atoms with Crippen molar-refractivity contribution in [2.45, 2.75) is 37.5 Å². The summed E-state index contributed by atoms with van der Waals surface area (Å²) in [6.45, 7) is 3.32. The van der Waals surface area contributed by atoms with Gasteiger partial charge >= 0.3 is 0 Å². The molecule has 2 fully saturated rings. The van der Waals surface area contributed by atoms with Crippen molar-refractivity contribution < 1.29 is 4.79 Å². The van der Waals surface area contributed by atoms with Gasteiger partial charge in [0.2, 0.25) is 0 Å². The Balaban J connectivity index is 1.28. The first-order chi connectivity index (χ1) is 16.6. The lowest BCUT2D eigenvalue weighted by atomic mass is 9.86. The minimum Gasteiger partial charge on any atom is -0.303 e. The van der Waals surface area contributed by atoms with Crippen molar-refractivity contribution >= 4 is 29.0 Å². The summed E-state index contributed by atoms with van der Waals surface area (Å²) < 4.78 is 0. The topological polar surface area (TPSA) is 20.3 Å². The van der Waals surface area contributed by atoms with E-state index in [1.807, 2.05) is 6.07 Å². The number of ketones is 1. The lowest BCUT2D eigenvalue weighted by Gasteiger charge is -2.35. The van der Waals surface area contributed by atoms with E-state index in [9.17, 15) is 4.79 Å². The van der Waals surface area contributed by atoms with Crippen molar-refractivity contribution in [1.29, 1.82) is 0 Å². The van der Waals surface area contributed by atoms with E-state index in [0.717, 1.165) is 32.5 Å². The molecule has 4 heteroatoms. The predicted octanol–water partition coefficient (Wildman–Crippen LogP) is 7.87. The van der Waals surface area contributed by atoms with Crippen molar-refractivity contribution in [1.82, 2.24) is 4.90 Å². The first-order valence-corrected chi connectivity index (χ1v) is 13.2. The Morgan fingerprint density at radius 1 is 0.794 bits per heavy atom. The van der Waals surface area contributed by atoms with E-state index in [2.05, 4.69) is 65.6 Å². The van der Waals surface area contributed by atoms with Crippen LogP contribution in [0.1, 0.15) is 59.0 Å². The second-order valence-electron chi connectivity index (χ2n) is 9.92. The molecule has 0 spiro atoms. The molecular weight excluding hydrogens is 461 g/mol. The first-order valence-electron chi connectivity index (χ1n) is 12.4. The molecule has 1 saturated heterocycles. The fourth-order valence-corrected chi connectivity index (χ4v) is 6.34. The lowest BCUT2D eigenvalue weighted by Crippen LogP contribution is -2.37. The molecule has 3 unspecified atom stereocenters. The van der Waals surface area contributed by atoms with E-state index >= 15 is 0 Å². The van der Waals surface area contributed by atoms with E-state index in [1.54, 1.807) is 12.1 Å². The van der Waals surface area contributed by atoms with Gasteiger partial charge in [-0.05, 0) is 85.9 Å². The van der Waals surface area contributed by atoms with E-state index in [0.29, 0.717) is 33.4 Å². The summed E-state index contributed by atoms with van der Waals surface area (Å²) in [6.07, 6.45) is 4.24. The number of Topliss-reactive ketones (excluding diaryl/α,β-unsaturated/α-hetero) is 1. The number of halogens is 2. The molecular formula is C30H31Cl2NO. The zero-order valence-corrected chi connectivity index (χ0v) is 20.9. The highest BCUT2D eigenvalue weighted by Crippen LogP contribution is 2.45. The van der Waals surface area contributed by atoms with Crippen LogP contribution in [0.2, 0.25) is 10.0 Å². The highest BCUT2D eigenvalue weighted by atomic mass is 35.5. The predicted molar refractivity (Wildman–Crippen MR) is 141 cm³/mol. The van der Waals surface area contributed by atoms with Crippen molar-refractivity contribution in [3.63, 3.8) is 0 Å². The van der Waals surface area contributed by atoms with Crippen molar-refractivity contribution in [3.05, 3.63) is 106 Å². The maximum absolute atomic E-state index is 13.4. The summed E-state index contributed by atoms with van der Waals surface area (Å²) in [4.78, 5) is 16.0. The molecule has 0 N–H and O–H groups in total. The van der Waals surface area contributed by atoms with Crippen molar-refractivity contribution in [3.8, 4) is 0 Å². The zero-order valence-electron chi connectivity index (χ0n) is 19.4. The zero-order chi connectivity index (χ0) is 23.5. The molecule has 1 aliphatic heterocycles. The molecule has 0 bridgehead atoms. The molecule has 176 valence electrons. The Labute approximate surface area is 212 Å². The number of carbonyl (C=O) groups is 1. The molecule has 1 saturated carbocycles. The maximum Gasteiger partial charge on any atom is 0.166 e. The lowest BCUT2D eigenvalue weighted by molar-refractivity contribution is 0.0916. The summed E-state index contributed by atoms with van der Waals surface area (Å²) in [5.41, 5.74) is 3.50. The number of nitrogens with zero attached hydrogens (tertiary/aromatic N) is 1. The highest BCUT2D eigenvalue weighted by molar-refractivity contribution is 6.42. The molecule has 0 aromatic heterocycles. The van der Waals surface area contributed by atoms with Gasteiger partial charge in [-0.3, -0.25) is 4.79 Å². The standard InChI is InChI=1S/C30H31Cl2NO/c31-28-12-11-24(19-29(28)32)30(34)25-17-26(27(18-25)23-9-5-2-6-10-23)20-33-15-13-22(14-16-33)21-7-3-1-4-8-21/h1-12,19,22,25-27H,13-18,20H2. The Morgan fingerprint density at radius 2 is 1.44 bits per heavy atom. The van der Waals surface area contributed by atoms with Crippen LogP contribution in [-0.2, 0) is 0 Å². The normalized spacial score (nSPS) is 23.8. The van der Waals surface area contributed by atoms with E-state index in [4.69, 9.17) is 23.2 Å². The quantitative estimate of drug-likeness (QED) is 0.327. The van der Waals surface area contributed by atoms with Crippen LogP contribution in [0, 0.1) is 11.8 Å². The first kappa shape index (κ1) is 23.6. The van der Waals surface area contributed by atoms with Gasteiger partial charge in [0.05, 0.1) is 10.0 Å². The molecule has 0 radical (unpaired) electrons. The van der Waals surface area contributed by atoms with E-state index in [-0.39, 0.29) is 11.7 Å². The largest absolute Gasteiger partial charge is 0.303 e. The highest BCUT2D eigenvalue weighted by Gasteiger charge is 2.40. The van der Waals surface area contributed by atoms with Gasteiger partial charge in [0.1, 0.15) is 0 Å². The number of carbonyl (C=O) groups excluding carboxylic acids is 1. The fraction of sp³-hybridized carbons (Fsp3) is 0.367. The van der Waals surface area contributed by atoms with Crippen LogP contribution in [0.3, 0.4) is 0 Å². The van der Waals surface area contributed by atoms with Crippen molar-refractivity contribution in [2.24, 2.45) is 11.8 Å². The third-order valence-electron chi connectivity index (χ3n) is 7.85. The van der Waals surface area contributed by atoms with Crippen LogP contribution in [0.4, 0.5) is 0 Å². The number of piperidine rings is 1. The summed E-state index contributed by atoms with van der Waals surface area (Å²) in [5.74, 6) is 1.77. The average Bonchev–Trinajstić information content (AvgIpc) is 3.30. The maximum atomic E-state index is 13.4. The summed E-state index contributed by atoms with van der Waals surface area (Å²) in [7, 11) is 0. The van der Waals surface area contributed by atoms with Gasteiger partial charge in [-0.25, -0.2) is 0 Å². The smallest absolute Gasteiger partial charge is 0.166 e.